The Kier molecular flexibility index (Phi) is 4.40. The number of hydrogen-bond acceptors (Lipinski definition) is 3. The van der Waals surface area contributed by atoms with Crippen molar-refractivity contribution in [3.63, 3.8) is 0 Å². The zero-order valence-electron chi connectivity index (χ0n) is 15.1. The number of imidazole rings is 1. The summed E-state index contributed by atoms with van der Waals surface area (Å²) in [6.07, 6.45) is 3.54. The van der Waals surface area contributed by atoms with Crippen molar-refractivity contribution >= 4 is 6.03 Å². The van der Waals surface area contributed by atoms with Crippen molar-refractivity contribution in [3.05, 3.63) is 53.9 Å². The molecule has 1 aromatic heterocycles. The second-order valence-corrected chi connectivity index (χ2v) is 7.52. The molecule has 138 valence electrons. The lowest BCUT2D eigenvalue weighted by Gasteiger charge is -2.31. The molecule has 0 saturated carbocycles. The molecule has 0 aliphatic carbocycles. The molecule has 1 aromatic carbocycles. The molecule has 2 aliphatic rings. The van der Waals surface area contributed by atoms with E-state index in [1.807, 2.05) is 17.2 Å². The van der Waals surface area contributed by atoms with Crippen LogP contribution in [0.25, 0.3) is 0 Å². The number of aromatic amines is 1. The number of carbonyl (C=O) groups excluding carboxylic acids is 1. The van der Waals surface area contributed by atoms with Crippen LogP contribution in [0.4, 0.5) is 9.18 Å². The number of hydrogen-bond donors (Lipinski definition) is 1. The molecule has 26 heavy (non-hydrogen) atoms. The summed E-state index contributed by atoms with van der Waals surface area (Å²) in [4.78, 5) is 25.9. The summed E-state index contributed by atoms with van der Waals surface area (Å²) in [7, 11) is 3.53. The van der Waals surface area contributed by atoms with Crippen LogP contribution in [0.2, 0.25) is 0 Å². The predicted molar refractivity (Wildman–Crippen MR) is 95.8 cm³/mol. The predicted octanol–water partition coefficient (Wildman–Crippen LogP) is 2.34. The number of H-pyrrole nitrogens is 1. The van der Waals surface area contributed by atoms with E-state index in [0.717, 1.165) is 30.9 Å². The molecule has 2 amide bonds. The molecule has 0 spiro atoms. The normalized spacial score (nSPS) is 25.5. The van der Waals surface area contributed by atoms with E-state index in [2.05, 4.69) is 14.9 Å². The van der Waals surface area contributed by atoms with Gasteiger partial charge in [-0.05, 0) is 23.6 Å². The van der Waals surface area contributed by atoms with Gasteiger partial charge in [-0.25, -0.2) is 14.2 Å². The lowest BCUT2D eigenvalue weighted by Crippen LogP contribution is -2.41. The molecule has 1 N–H and O–H groups in total. The maximum atomic E-state index is 13.8. The van der Waals surface area contributed by atoms with Gasteiger partial charge in [-0.3, -0.25) is 4.90 Å². The quantitative estimate of drug-likeness (QED) is 0.917. The van der Waals surface area contributed by atoms with Gasteiger partial charge in [0, 0.05) is 58.1 Å². The zero-order chi connectivity index (χ0) is 18.3. The summed E-state index contributed by atoms with van der Waals surface area (Å²) in [5, 5.41) is 0. The van der Waals surface area contributed by atoms with E-state index < -0.39 is 0 Å². The first-order chi connectivity index (χ1) is 12.5. The molecule has 2 aliphatic heterocycles. The molecule has 2 fully saturated rings. The van der Waals surface area contributed by atoms with Gasteiger partial charge < -0.3 is 14.8 Å². The Morgan fingerprint density at radius 2 is 2.19 bits per heavy atom. The van der Waals surface area contributed by atoms with Crippen molar-refractivity contribution in [1.29, 1.82) is 0 Å². The third kappa shape index (κ3) is 3.07. The number of halogens is 1. The van der Waals surface area contributed by atoms with Crippen LogP contribution in [0.15, 0.2) is 36.8 Å². The van der Waals surface area contributed by atoms with E-state index in [1.54, 1.807) is 37.5 Å². The van der Waals surface area contributed by atoms with Crippen molar-refractivity contribution in [1.82, 2.24) is 24.7 Å². The molecule has 0 unspecified atom stereocenters. The first kappa shape index (κ1) is 17.0. The van der Waals surface area contributed by atoms with E-state index >= 15 is 0 Å². The number of amides is 2. The van der Waals surface area contributed by atoms with Gasteiger partial charge in [0.05, 0.1) is 12.4 Å². The third-order valence-electron chi connectivity index (χ3n) is 5.51. The second-order valence-electron chi connectivity index (χ2n) is 7.52. The average Bonchev–Trinajstić information content (AvgIpc) is 3.30. The van der Waals surface area contributed by atoms with Crippen molar-refractivity contribution in [2.24, 2.45) is 11.8 Å². The summed E-state index contributed by atoms with van der Waals surface area (Å²) in [6.45, 7) is 3.36. The first-order valence-corrected chi connectivity index (χ1v) is 8.96. The SMILES string of the molecule is CN(C)C(=O)N1C[C@H]2CN(Cc3cnc[nH]3)C[C@H]2[C@@H]1c1cccc(F)c1. The minimum atomic E-state index is -0.254. The van der Waals surface area contributed by atoms with Crippen molar-refractivity contribution in [3.8, 4) is 0 Å². The Morgan fingerprint density at radius 1 is 1.35 bits per heavy atom. The molecular weight excluding hydrogens is 333 g/mol. The highest BCUT2D eigenvalue weighted by Gasteiger charge is 2.49. The van der Waals surface area contributed by atoms with Gasteiger partial charge in [0.15, 0.2) is 0 Å². The Hall–Kier alpha value is -2.41. The first-order valence-electron chi connectivity index (χ1n) is 8.96. The molecule has 2 saturated heterocycles. The van der Waals surface area contributed by atoms with E-state index in [9.17, 15) is 9.18 Å². The largest absolute Gasteiger partial charge is 0.347 e. The van der Waals surface area contributed by atoms with Crippen LogP contribution in [-0.4, -0.2) is 64.4 Å². The molecule has 0 bridgehead atoms. The number of likely N-dealkylation sites (tertiary alicyclic amines) is 2. The van der Waals surface area contributed by atoms with E-state index in [0.29, 0.717) is 18.4 Å². The van der Waals surface area contributed by atoms with Crippen molar-refractivity contribution in [2.75, 3.05) is 33.7 Å². The monoisotopic (exact) mass is 357 g/mol. The number of nitrogens with zero attached hydrogens (tertiary/aromatic N) is 4. The molecular formula is C19H24FN5O. The number of urea groups is 1. The number of nitrogens with one attached hydrogen (secondary N) is 1. The summed E-state index contributed by atoms with van der Waals surface area (Å²) in [6, 6.07) is 6.59. The molecule has 4 rings (SSSR count). The van der Waals surface area contributed by atoms with Crippen molar-refractivity contribution < 1.29 is 9.18 Å². The van der Waals surface area contributed by atoms with Gasteiger partial charge in [0.25, 0.3) is 0 Å². The van der Waals surface area contributed by atoms with Crippen LogP contribution in [0.3, 0.4) is 0 Å². The van der Waals surface area contributed by atoms with Crippen LogP contribution in [0.5, 0.6) is 0 Å². The van der Waals surface area contributed by atoms with E-state index in [-0.39, 0.29) is 17.9 Å². The number of aromatic nitrogens is 2. The minimum absolute atomic E-state index is 0.00576. The molecule has 6 nitrogen and oxygen atoms in total. The molecule has 7 heteroatoms. The van der Waals surface area contributed by atoms with E-state index in [4.69, 9.17) is 0 Å². The topological polar surface area (TPSA) is 55.5 Å². The highest BCUT2D eigenvalue weighted by atomic mass is 19.1. The minimum Gasteiger partial charge on any atom is -0.347 e. The van der Waals surface area contributed by atoms with Gasteiger partial charge >= 0.3 is 6.03 Å². The zero-order valence-corrected chi connectivity index (χ0v) is 15.1. The smallest absolute Gasteiger partial charge is 0.320 e. The number of carbonyl (C=O) groups is 1. The average molecular weight is 357 g/mol. The summed E-state index contributed by atoms with van der Waals surface area (Å²) >= 11 is 0. The Bertz CT molecular complexity index is 778. The fourth-order valence-corrected chi connectivity index (χ4v) is 4.45. The molecule has 3 heterocycles. The van der Waals surface area contributed by atoms with Gasteiger partial charge in [-0.2, -0.15) is 0 Å². The fourth-order valence-electron chi connectivity index (χ4n) is 4.45. The Balaban J connectivity index is 1.59. The number of rotatable bonds is 3. The van der Waals surface area contributed by atoms with Crippen molar-refractivity contribution in [2.45, 2.75) is 12.6 Å². The maximum absolute atomic E-state index is 13.8. The lowest BCUT2D eigenvalue weighted by atomic mass is 9.89. The van der Waals surface area contributed by atoms with Crippen LogP contribution in [0, 0.1) is 17.7 Å². The van der Waals surface area contributed by atoms with Gasteiger partial charge in [-0.1, -0.05) is 12.1 Å². The Morgan fingerprint density at radius 3 is 2.88 bits per heavy atom. The summed E-state index contributed by atoms with van der Waals surface area (Å²) < 4.78 is 13.8. The summed E-state index contributed by atoms with van der Waals surface area (Å²) in [5.74, 6) is 0.453. The summed E-state index contributed by atoms with van der Waals surface area (Å²) in [5.41, 5.74) is 1.98. The van der Waals surface area contributed by atoms with E-state index in [1.165, 1.54) is 6.07 Å². The molecule has 0 radical (unpaired) electrons. The molecule has 3 atom stereocenters. The fraction of sp³-hybridized carbons (Fsp3) is 0.474. The van der Waals surface area contributed by atoms with Gasteiger partial charge in [0.2, 0.25) is 0 Å². The Labute approximate surface area is 152 Å². The molecule has 2 aromatic rings. The van der Waals surface area contributed by atoms with Crippen LogP contribution < -0.4 is 0 Å². The van der Waals surface area contributed by atoms with Crippen LogP contribution >= 0.6 is 0 Å². The third-order valence-corrected chi connectivity index (χ3v) is 5.51. The van der Waals surface area contributed by atoms with Gasteiger partial charge in [-0.15, -0.1) is 0 Å². The van der Waals surface area contributed by atoms with Crippen LogP contribution in [-0.2, 0) is 6.54 Å². The number of benzene rings is 1. The second kappa shape index (κ2) is 6.72. The highest BCUT2D eigenvalue weighted by Crippen LogP contribution is 2.45. The number of fused-ring (bicyclic) bond motifs is 1. The maximum Gasteiger partial charge on any atom is 0.320 e. The van der Waals surface area contributed by atoms with Crippen LogP contribution in [0.1, 0.15) is 17.3 Å². The lowest BCUT2D eigenvalue weighted by molar-refractivity contribution is 0.151. The standard InChI is InChI=1S/C19H24FN5O/c1-23(2)19(26)25-9-14-8-24(10-16-7-21-12-22-16)11-17(14)18(25)13-4-3-5-15(20)6-13/h3-7,12,14,17-18H,8-11H2,1-2H3,(H,21,22)/t14-,17-,18+/m1/s1. The highest BCUT2D eigenvalue weighted by molar-refractivity contribution is 5.75. The van der Waals surface area contributed by atoms with Gasteiger partial charge in [0.1, 0.15) is 5.82 Å².